The van der Waals surface area contributed by atoms with Crippen LogP contribution in [0, 0.1) is 0 Å². The smallest absolute Gasteiger partial charge is 0.376 e. The Morgan fingerprint density at radius 3 is 1.73 bits per heavy atom. The van der Waals surface area contributed by atoms with Gasteiger partial charge in [-0.1, -0.05) is 72.1 Å². The second-order valence-electron chi connectivity index (χ2n) is 11.0. The van der Waals surface area contributed by atoms with Gasteiger partial charge in [-0.2, -0.15) is 9.36 Å². The number of alkyl halides is 1. The molecule has 17 heteroatoms. The SMILES string of the molecule is CCOC(=O)c1nn(-c2ccc(Br)cc2)c(=O)[nH]1.CCOC(=O)c1nn(-c2ccc(Br)cc2)c(=O)n1Cc1cccc(OC)c1.COc1cccc(CBr)c1. The van der Waals surface area contributed by atoms with Gasteiger partial charge >= 0.3 is 23.3 Å². The number of esters is 2. The molecule has 1 N–H and O–H groups in total. The fourth-order valence-corrected chi connectivity index (χ4v) is 5.60. The van der Waals surface area contributed by atoms with Gasteiger partial charge in [0.1, 0.15) is 11.5 Å². The molecule has 14 nitrogen and oxygen atoms in total. The van der Waals surface area contributed by atoms with Gasteiger partial charge < -0.3 is 18.9 Å². The quantitative estimate of drug-likeness (QED) is 0.105. The highest BCUT2D eigenvalue weighted by atomic mass is 79.9. The fraction of sp³-hybridized carbons (Fsp3) is 0.211. The predicted molar refractivity (Wildman–Crippen MR) is 217 cm³/mol. The molecule has 0 aliphatic rings. The minimum atomic E-state index is -0.648. The van der Waals surface area contributed by atoms with Crippen molar-refractivity contribution in [2.45, 2.75) is 25.7 Å². The maximum atomic E-state index is 13.0. The van der Waals surface area contributed by atoms with E-state index in [4.69, 9.17) is 18.9 Å². The lowest BCUT2D eigenvalue weighted by molar-refractivity contribution is 0.0499. The fourth-order valence-electron chi connectivity index (χ4n) is 4.72. The number of carbonyl (C=O) groups excluding carboxylic acids is 2. The van der Waals surface area contributed by atoms with Crippen molar-refractivity contribution >= 4 is 59.7 Å². The maximum absolute atomic E-state index is 13.0. The lowest BCUT2D eigenvalue weighted by atomic mass is 10.2. The van der Waals surface area contributed by atoms with Crippen LogP contribution in [0.5, 0.6) is 11.5 Å². The molecule has 0 bridgehead atoms. The first-order valence-corrected chi connectivity index (χ1v) is 19.3. The summed E-state index contributed by atoms with van der Waals surface area (Å²) >= 11 is 10.0. The monoisotopic (exact) mass is 942 g/mol. The molecule has 0 aliphatic carbocycles. The Labute approximate surface area is 341 Å². The molecule has 0 unspecified atom stereocenters. The van der Waals surface area contributed by atoms with Gasteiger partial charge in [-0.3, -0.25) is 9.55 Å². The van der Waals surface area contributed by atoms with Crippen molar-refractivity contribution in [3.63, 3.8) is 0 Å². The van der Waals surface area contributed by atoms with Crippen LogP contribution in [-0.2, 0) is 21.3 Å². The lowest BCUT2D eigenvalue weighted by Crippen LogP contribution is -2.26. The summed E-state index contributed by atoms with van der Waals surface area (Å²) in [6, 6.07) is 29.3. The molecule has 0 fully saturated rings. The number of H-pyrrole nitrogens is 1. The third-order valence-electron chi connectivity index (χ3n) is 7.31. The third-order valence-corrected chi connectivity index (χ3v) is 9.02. The van der Waals surface area contributed by atoms with Crippen molar-refractivity contribution in [3.8, 4) is 22.9 Å². The summed E-state index contributed by atoms with van der Waals surface area (Å²) in [5.41, 5.74) is 2.24. The van der Waals surface area contributed by atoms with E-state index in [1.54, 1.807) is 82.7 Å². The van der Waals surface area contributed by atoms with Gasteiger partial charge in [0.15, 0.2) is 0 Å². The molecule has 4 aromatic carbocycles. The highest BCUT2D eigenvalue weighted by molar-refractivity contribution is 9.10. The number of aromatic amines is 1. The van der Waals surface area contributed by atoms with Crippen LogP contribution in [0.1, 0.15) is 46.2 Å². The molecular formula is C38H37Br3N6O8. The van der Waals surface area contributed by atoms with Crippen molar-refractivity contribution in [2.75, 3.05) is 27.4 Å². The molecule has 55 heavy (non-hydrogen) atoms. The van der Waals surface area contributed by atoms with E-state index in [2.05, 4.69) is 69.0 Å². The normalized spacial score (nSPS) is 10.3. The van der Waals surface area contributed by atoms with E-state index in [1.807, 2.05) is 36.4 Å². The standard InChI is InChI=1S/C19H18BrN3O4.C11H10BrN3O3.C8H9BrO/c1-3-27-18(24)17-21-23(15-9-7-14(20)8-10-15)19(25)22(17)12-13-5-4-6-16(11-13)26-2;1-2-18-10(16)9-13-11(17)15(14-9)8-5-3-7(12)4-6-8;1-10-8-4-2-3-7(5-8)6-9/h4-11H,3,12H2,1-2H3;3-6H,2H2,1H3,(H,13,14,17);2-5H,6H2,1H3. The predicted octanol–water partition coefficient (Wildman–Crippen LogP) is 7.12. The summed E-state index contributed by atoms with van der Waals surface area (Å²) in [6.45, 7) is 3.97. The Kier molecular flexibility index (Phi) is 16.2. The molecule has 2 aromatic heterocycles. The van der Waals surface area contributed by atoms with Crippen LogP contribution in [0.2, 0.25) is 0 Å². The molecule has 0 aliphatic heterocycles. The van der Waals surface area contributed by atoms with Crippen LogP contribution in [0.15, 0.2) is 116 Å². The van der Waals surface area contributed by atoms with Crippen LogP contribution in [0.25, 0.3) is 11.4 Å². The second kappa shape index (κ2) is 21.0. The van der Waals surface area contributed by atoms with E-state index in [9.17, 15) is 19.2 Å². The van der Waals surface area contributed by atoms with E-state index in [0.717, 1.165) is 30.3 Å². The average Bonchev–Trinajstić information content (AvgIpc) is 3.75. The number of hydrogen-bond acceptors (Lipinski definition) is 10. The number of carbonyl (C=O) groups is 2. The Hall–Kier alpha value is -5.26. The first kappa shape index (κ1) is 42.5. The first-order valence-electron chi connectivity index (χ1n) is 16.6. The number of ether oxygens (including phenoxy) is 4. The minimum absolute atomic E-state index is 0.0485. The maximum Gasteiger partial charge on any atom is 0.376 e. The van der Waals surface area contributed by atoms with Crippen molar-refractivity contribution in [1.82, 2.24) is 29.1 Å². The van der Waals surface area contributed by atoms with Crippen molar-refractivity contribution in [1.29, 1.82) is 0 Å². The van der Waals surface area contributed by atoms with Crippen LogP contribution in [-0.4, -0.2) is 68.5 Å². The van der Waals surface area contributed by atoms with Gasteiger partial charge in [-0.25, -0.2) is 19.2 Å². The van der Waals surface area contributed by atoms with E-state index in [0.29, 0.717) is 17.1 Å². The topological polar surface area (TPSA) is 162 Å². The summed E-state index contributed by atoms with van der Waals surface area (Å²) in [6.07, 6.45) is 0. The van der Waals surface area contributed by atoms with Gasteiger partial charge in [0, 0.05) is 14.3 Å². The van der Waals surface area contributed by atoms with Crippen LogP contribution >= 0.6 is 47.8 Å². The molecule has 0 amide bonds. The largest absolute Gasteiger partial charge is 0.497 e. The van der Waals surface area contributed by atoms with E-state index in [1.165, 1.54) is 14.8 Å². The number of methoxy groups -OCH3 is 2. The van der Waals surface area contributed by atoms with Crippen molar-refractivity contribution < 1.29 is 28.5 Å². The highest BCUT2D eigenvalue weighted by Crippen LogP contribution is 2.17. The molecule has 2 heterocycles. The van der Waals surface area contributed by atoms with Crippen LogP contribution in [0.3, 0.4) is 0 Å². The van der Waals surface area contributed by atoms with E-state index >= 15 is 0 Å². The Balaban J connectivity index is 0.000000205. The minimum Gasteiger partial charge on any atom is -0.497 e. The van der Waals surface area contributed by atoms with Gasteiger partial charge in [-0.15, -0.1) is 10.2 Å². The molecule has 0 spiro atoms. The molecule has 0 radical (unpaired) electrons. The van der Waals surface area contributed by atoms with Crippen molar-refractivity contribution in [3.05, 3.63) is 150 Å². The summed E-state index contributed by atoms with van der Waals surface area (Å²) in [7, 11) is 3.24. The first-order chi connectivity index (χ1) is 26.5. The molecule has 6 aromatic rings. The summed E-state index contributed by atoms with van der Waals surface area (Å²) in [4.78, 5) is 50.7. The number of halogens is 3. The Bertz CT molecular complexity index is 2280. The number of aromatic nitrogens is 6. The zero-order chi connectivity index (χ0) is 39.9. The van der Waals surface area contributed by atoms with Gasteiger partial charge in [-0.05, 0) is 97.8 Å². The molecule has 0 saturated carbocycles. The Morgan fingerprint density at radius 1 is 0.691 bits per heavy atom. The van der Waals surface area contributed by atoms with E-state index < -0.39 is 23.3 Å². The second-order valence-corrected chi connectivity index (χ2v) is 13.4. The van der Waals surface area contributed by atoms with E-state index in [-0.39, 0.29) is 31.4 Å². The number of nitrogens with zero attached hydrogens (tertiary/aromatic N) is 5. The summed E-state index contributed by atoms with van der Waals surface area (Å²) in [5.74, 6) is 0.131. The summed E-state index contributed by atoms with van der Waals surface area (Å²) < 4.78 is 25.5. The van der Waals surface area contributed by atoms with Crippen LogP contribution < -0.4 is 20.9 Å². The molecule has 288 valence electrons. The molecule has 0 atom stereocenters. The lowest BCUT2D eigenvalue weighted by Gasteiger charge is -2.07. The van der Waals surface area contributed by atoms with Gasteiger partial charge in [0.2, 0.25) is 11.6 Å². The number of benzene rings is 4. The third kappa shape index (κ3) is 11.9. The molecule has 0 saturated heterocycles. The zero-order valence-corrected chi connectivity index (χ0v) is 35.0. The summed E-state index contributed by atoms with van der Waals surface area (Å²) in [5, 5.41) is 8.98. The van der Waals surface area contributed by atoms with Gasteiger partial charge in [0.05, 0.1) is 45.4 Å². The average molecular weight is 945 g/mol. The molecule has 6 rings (SSSR count). The number of rotatable bonds is 11. The number of nitrogens with one attached hydrogen (secondary N) is 1. The molecular weight excluding hydrogens is 908 g/mol. The number of hydrogen-bond donors (Lipinski definition) is 1. The zero-order valence-electron chi connectivity index (χ0n) is 30.2. The Morgan fingerprint density at radius 2 is 1.20 bits per heavy atom. The highest BCUT2D eigenvalue weighted by Gasteiger charge is 2.22. The van der Waals surface area contributed by atoms with Crippen molar-refractivity contribution in [2.24, 2.45) is 0 Å². The van der Waals surface area contributed by atoms with Crippen LogP contribution in [0.4, 0.5) is 0 Å². The van der Waals surface area contributed by atoms with Gasteiger partial charge in [0.25, 0.3) is 0 Å².